The molecule has 0 aliphatic rings. The number of ether oxygens (including phenoxy) is 1. The molecule has 4 aromatic heterocycles. The van der Waals surface area contributed by atoms with Crippen LogP contribution >= 0.6 is 22.7 Å². The minimum Gasteiger partial charge on any atom is -0.480 e. The number of nitrogens with zero attached hydrogens (tertiary/aromatic N) is 3. The molecule has 0 aliphatic heterocycles. The summed E-state index contributed by atoms with van der Waals surface area (Å²) in [4.78, 5) is 15.5. The van der Waals surface area contributed by atoms with E-state index in [1.165, 1.54) is 19.2 Å². The topological polar surface area (TPSA) is 94.1 Å². The third-order valence-electron chi connectivity index (χ3n) is 5.06. The molecule has 1 aromatic carbocycles. The summed E-state index contributed by atoms with van der Waals surface area (Å²) in [5, 5.41) is 2.02. The molecule has 0 aliphatic carbocycles. The predicted molar refractivity (Wildman–Crippen MR) is 132 cm³/mol. The van der Waals surface area contributed by atoms with Gasteiger partial charge in [-0.1, -0.05) is 24.3 Å². The van der Waals surface area contributed by atoms with Crippen LogP contribution in [0.5, 0.6) is 5.88 Å². The second-order valence-electron chi connectivity index (χ2n) is 7.13. The third kappa shape index (κ3) is 3.97. The van der Waals surface area contributed by atoms with E-state index in [0.717, 1.165) is 36.8 Å². The van der Waals surface area contributed by atoms with Crippen LogP contribution in [0.4, 0.5) is 5.69 Å². The first-order valence-electron chi connectivity index (χ1n) is 9.88. The molecule has 0 saturated carbocycles. The molecule has 5 aromatic rings. The normalized spacial score (nSPS) is 11.6. The number of benzene rings is 1. The molecule has 0 bridgehead atoms. The second-order valence-corrected chi connectivity index (χ2v) is 10.8. The van der Waals surface area contributed by atoms with Gasteiger partial charge in [-0.3, -0.25) is 4.72 Å². The number of hydrogen-bond acceptors (Lipinski definition) is 8. The molecule has 33 heavy (non-hydrogen) atoms. The Morgan fingerprint density at radius 3 is 2.58 bits per heavy atom. The van der Waals surface area contributed by atoms with Crippen LogP contribution < -0.4 is 9.46 Å². The molecule has 0 atom stereocenters. The van der Waals surface area contributed by atoms with Gasteiger partial charge in [-0.15, -0.1) is 22.7 Å². The van der Waals surface area contributed by atoms with E-state index < -0.39 is 10.0 Å². The number of thiophene rings is 2. The van der Waals surface area contributed by atoms with E-state index in [1.54, 1.807) is 59.5 Å². The largest absolute Gasteiger partial charge is 0.480 e. The minimum atomic E-state index is -3.80. The minimum absolute atomic E-state index is 0.159. The number of sulfonamides is 1. The zero-order chi connectivity index (χ0) is 23.0. The van der Waals surface area contributed by atoms with E-state index in [0.29, 0.717) is 0 Å². The fraction of sp³-hybridized carbons (Fsp3) is 0.0870. The van der Waals surface area contributed by atoms with Gasteiger partial charge in [0.1, 0.15) is 17.7 Å². The Morgan fingerprint density at radius 1 is 1.03 bits per heavy atom. The lowest BCUT2D eigenvalue weighted by Gasteiger charge is -2.12. The van der Waals surface area contributed by atoms with E-state index >= 15 is 0 Å². The Labute approximate surface area is 198 Å². The lowest BCUT2D eigenvalue weighted by Crippen LogP contribution is -2.14. The molecule has 166 valence electrons. The molecular weight excluding hydrogens is 476 g/mol. The van der Waals surface area contributed by atoms with Gasteiger partial charge in [0, 0.05) is 16.6 Å². The number of anilines is 1. The van der Waals surface area contributed by atoms with Crippen LogP contribution in [0.3, 0.4) is 0 Å². The van der Waals surface area contributed by atoms with E-state index in [-0.39, 0.29) is 16.5 Å². The third-order valence-corrected chi connectivity index (χ3v) is 8.66. The molecule has 0 saturated heterocycles. The van der Waals surface area contributed by atoms with Crippen LogP contribution in [-0.2, 0) is 10.0 Å². The molecule has 0 spiro atoms. The Balaban J connectivity index is 1.61. The molecule has 0 radical (unpaired) electrons. The highest BCUT2D eigenvalue weighted by atomic mass is 32.2. The van der Waals surface area contributed by atoms with E-state index in [1.807, 2.05) is 24.4 Å². The van der Waals surface area contributed by atoms with Crippen molar-refractivity contribution in [1.29, 1.82) is 0 Å². The van der Waals surface area contributed by atoms with Crippen molar-refractivity contribution in [2.24, 2.45) is 0 Å². The molecule has 0 fully saturated rings. The van der Waals surface area contributed by atoms with Crippen molar-refractivity contribution in [1.82, 2.24) is 15.0 Å². The van der Waals surface area contributed by atoms with Crippen molar-refractivity contribution in [2.75, 3.05) is 11.8 Å². The van der Waals surface area contributed by atoms with Crippen LogP contribution in [-0.4, -0.2) is 30.5 Å². The molecule has 5 rings (SSSR count). The van der Waals surface area contributed by atoms with Crippen molar-refractivity contribution in [3.63, 3.8) is 0 Å². The summed E-state index contributed by atoms with van der Waals surface area (Å²) >= 11 is 3.19. The zero-order valence-corrected chi connectivity index (χ0v) is 20.1. The maximum Gasteiger partial charge on any atom is 0.262 e. The smallest absolute Gasteiger partial charge is 0.262 e. The molecule has 0 amide bonds. The number of fused-ring (bicyclic) bond motifs is 1. The summed E-state index contributed by atoms with van der Waals surface area (Å²) < 4.78 is 34.7. The summed E-state index contributed by atoms with van der Waals surface area (Å²) in [5.41, 5.74) is 3.77. The Morgan fingerprint density at radius 2 is 1.85 bits per heavy atom. The van der Waals surface area contributed by atoms with Crippen LogP contribution in [0.2, 0.25) is 0 Å². The zero-order valence-electron chi connectivity index (χ0n) is 17.6. The fourth-order valence-corrected chi connectivity index (χ4v) is 6.61. The molecule has 4 heterocycles. The summed E-state index contributed by atoms with van der Waals surface area (Å²) in [6, 6.07) is 13.9. The average Bonchev–Trinajstić information content (AvgIpc) is 3.48. The second kappa shape index (κ2) is 8.54. The van der Waals surface area contributed by atoms with Crippen molar-refractivity contribution in [3.05, 3.63) is 72.0 Å². The quantitative estimate of drug-likeness (QED) is 0.330. The highest BCUT2D eigenvalue weighted by Gasteiger charge is 2.21. The summed E-state index contributed by atoms with van der Waals surface area (Å²) in [6.45, 7) is 2.00. The lowest BCUT2D eigenvalue weighted by atomic mass is 10.1. The van der Waals surface area contributed by atoms with Gasteiger partial charge in [0.2, 0.25) is 5.88 Å². The lowest BCUT2D eigenvalue weighted by molar-refractivity contribution is 0.400. The van der Waals surface area contributed by atoms with Gasteiger partial charge in [-0.25, -0.2) is 23.4 Å². The number of aryl methyl sites for hydroxylation is 1. The highest BCUT2D eigenvalue weighted by Crippen LogP contribution is 2.42. The van der Waals surface area contributed by atoms with Gasteiger partial charge >= 0.3 is 0 Å². The molecule has 7 nitrogen and oxygen atoms in total. The van der Waals surface area contributed by atoms with Gasteiger partial charge in [0.15, 0.2) is 0 Å². The van der Waals surface area contributed by atoms with Crippen LogP contribution in [0, 0.1) is 6.92 Å². The number of methoxy groups -OCH3 is 1. The van der Waals surface area contributed by atoms with Gasteiger partial charge < -0.3 is 4.74 Å². The van der Waals surface area contributed by atoms with E-state index in [2.05, 4.69) is 19.7 Å². The van der Waals surface area contributed by atoms with Crippen molar-refractivity contribution >= 4 is 48.6 Å². The van der Waals surface area contributed by atoms with Crippen LogP contribution in [0.1, 0.15) is 5.56 Å². The Kier molecular flexibility index (Phi) is 5.57. The number of nitrogens with one attached hydrogen (secondary N) is 1. The van der Waals surface area contributed by atoms with Gasteiger partial charge in [-0.2, -0.15) is 0 Å². The SMILES string of the molecule is COc1ncc(-c2sc3c(-c4cccs4)ncnc3c2C)cc1NS(=O)(=O)c1ccccc1. The Hall–Kier alpha value is -3.34. The Bertz CT molecular complexity index is 1550. The van der Waals surface area contributed by atoms with Crippen molar-refractivity contribution in [2.45, 2.75) is 11.8 Å². The van der Waals surface area contributed by atoms with Crippen LogP contribution in [0.15, 0.2) is 71.3 Å². The number of pyridine rings is 1. The average molecular weight is 495 g/mol. The van der Waals surface area contributed by atoms with Gasteiger partial charge in [0.05, 0.1) is 27.1 Å². The van der Waals surface area contributed by atoms with E-state index in [4.69, 9.17) is 4.74 Å². The first-order valence-corrected chi connectivity index (χ1v) is 13.1. The molecule has 1 N–H and O–H groups in total. The number of aromatic nitrogens is 3. The fourth-order valence-electron chi connectivity index (χ4n) is 3.50. The molecular formula is C23H18N4O3S3. The van der Waals surface area contributed by atoms with E-state index in [9.17, 15) is 8.42 Å². The van der Waals surface area contributed by atoms with Crippen molar-refractivity contribution < 1.29 is 13.2 Å². The number of rotatable bonds is 6. The van der Waals surface area contributed by atoms with Crippen LogP contribution in [0.25, 0.3) is 31.2 Å². The summed E-state index contributed by atoms with van der Waals surface area (Å²) in [7, 11) is -2.35. The maximum absolute atomic E-state index is 12.9. The number of hydrogen-bond donors (Lipinski definition) is 1. The maximum atomic E-state index is 12.9. The summed E-state index contributed by atoms with van der Waals surface area (Å²) in [5.74, 6) is 0.191. The highest BCUT2D eigenvalue weighted by molar-refractivity contribution is 7.92. The molecule has 0 unspecified atom stereocenters. The standard InChI is InChI=1S/C23H18N4O3S3/c1-14-19-22(20(26-13-25-19)18-9-6-10-31-18)32-21(14)15-11-17(23(30-2)24-12-15)27-33(28,29)16-7-4-3-5-8-16/h3-13,27H,1-2H3. The monoisotopic (exact) mass is 494 g/mol. The first-order chi connectivity index (χ1) is 16.0. The van der Waals surface area contributed by atoms with Gasteiger partial charge in [-0.05, 0) is 42.1 Å². The van der Waals surface area contributed by atoms with Gasteiger partial charge in [0.25, 0.3) is 10.0 Å². The predicted octanol–water partition coefficient (Wildman–Crippen LogP) is 5.60. The molecule has 10 heteroatoms. The summed E-state index contributed by atoms with van der Waals surface area (Å²) in [6.07, 6.45) is 3.25. The first kappa shape index (κ1) is 21.5. The van der Waals surface area contributed by atoms with Crippen molar-refractivity contribution in [3.8, 4) is 26.9 Å².